The molecule has 1 N–H and O–H groups in total. The van der Waals surface area contributed by atoms with Crippen LogP contribution >= 0.6 is 15.9 Å². The van der Waals surface area contributed by atoms with Gasteiger partial charge in [-0.2, -0.15) is 0 Å². The molecule has 7 heteroatoms. The third-order valence-electron chi connectivity index (χ3n) is 4.39. The minimum Gasteiger partial charge on any atom is -0.326 e. The zero-order chi connectivity index (χ0) is 17.3. The van der Waals surface area contributed by atoms with Gasteiger partial charge < -0.3 is 5.32 Å². The lowest BCUT2D eigenvalue weighted by atomic mass is 9.97. The van der Waals surface area contributed by atoms with Gasteiger partial charge in [-0.25, -0.2) is 12.7 Å². The number of benzene rings is 2. The number of halogens is 1. The highest BCUT2D eigenvalue weighted by Crippen LogP contribution is 2.27. The first kappa shape index (κ1) is 17.4. The molecule has 5 nitrogen and oxygen atoms in total. The van der Waals surface area contributed by atoms with E-state index in [2.05, 4.69) is 21.2 Å². The third kappa shape index (κ3) is 3.79. The molecule has 128 valence electrons. The molecule has 1 saturated heterocycles. The Kier molecular flexibility index (Phi) is 4.94. The first-order valence-corrected chi connectivity index (χ1v) is 10.4. The molecule has 0 radical (unpaired) electrons. The molecule has 1 heterocycles. The normalized spacial score (nSPS) is 17.1. The summed E-state index contributed by atoms with van der Waals surface area (Å²) in [4.78, 5) is 12.4. The minimum atomic E-state index is -3.17. The Labute approximate surface area is 150 Å². The van der Waals surface area contributed by atoms with E-state index in [1.807, 2.05) is 36.4 Å². The highest BCUT2D eigenvalue weighted by atomic mass is 79.9. The number of hydrogen-bond donors (Lipinski definition) is 1. The van der Waals surface area contributed by atoms with E-state index < -0.39 is 10.0 Å². The zero-order valence-electron chi connectivity index (χ0n) is 13.3. The maximum Gasteiger partial charge on any atom is 0.227 e. The molecule has 24 heavy (non-hydrogen) atoms. The molecule has 1 fully saturated rings. The van der Waals surface area contributed by atoms with Crippen LogP contribution in [0.1, 0.15) is 12.8 Å². The van der Waals surface area contributed by atoms with Crippen LogP contribution in [0.15, 0.2) is 40.9 Å². The maximum atomic E-state index is 12.4. The van der Waals surface area contributed by atoms with Crippen LogP contribution < -0.4 is 5.32 Å². The molecule has 0 bridgehead atoms. The molecule has 1 aliphatic rings. The van der Waals surface area contributed by atoms with Crippen molar-refractivity contribution >= 4 is 48.3 Å². The predicted molar refractivity (Wildman–Crippen MR) is 99.4 cm³/mol. The smallest absolute Gasteiger partial charge is 0.227 e. The summed E-state index contributed by atoms with van der Waals surface area (Å²) in [6.45, 7) is 0.809. The Morgan fingerprint density at radius 2 is 1.92 bits per heavy atom. The number of nitrogens with zero attached hydrogens (tertiary/aromatic N) is 1. The average Bonchev–Trinajstić information content (AvgIpc) is 2.54. The average molecular weight is 411 g/mol. The van der Waals surface area contributed by atoms with Gasteiger partial charge in [0.2, 0.25) is 15.9 Å². The number of anilines is 1. The highest BCUT2D eigenvalue weighted by Gasteiger charge is 2.28. The van der Waals surface area contributed by atoms with Crippen molar-refractivity contribution < 1.29 is 13.2 Å². The molecule has 0 saturated carbocycles. The Morgan fingerprint density at radius 3 is 2.58 bits per heavy atom. The number of carbonyl (C=O) groups is 1. The largest absolute Gasteiger partial charge is 0.326 e. The number of sulfonamides is 1. The fourth-order valence-electron chi connectivity index (χ4n) is 3.02. The molecule has 0 spiro atoms. The SMILES string of the molecule is CS(=O)(=O)N1CCC(C(=O)Nc2ccc3c(Br)cccc3c2)CC1. The lowest BCUT2D eigenvalue weighted by Crippen LogP contribution is -2.40. The van der Waals surface area contributed by atoms with Crippen molar-refractivity contribution in [3.63, 3.8) is 0 Å². The van der Waals surface area contributed by atoms with Gasteiger partial charge in [0.25, 0.3) is 0 Å². The summed E-state index contributed by atoms with van der Waals surface area (Å²) in [5.74, 6) is -0.196. The van der Waals surface area contributed by atoms with Crippen LogP contribution in [0, 0.1) is 5.92 Å². The number of hydrogen-bond acceptors (Lipinski definition) is 3. The summed E-state index contributed by atoms with van der Waals surface area (Å²) < 4.78 is 25.5. The van der Waals surface area contributed by atoms with Gasteiger partial charge in [0, 0.05) is 29.2 Å². The van der Waals surface area contributed by atoms with Crippen molar-refractivity contribution in [2.45, 2.75) is 12.8 Å². The van der Waals surface area contributed by atoms with Crippen LogP contribution in [0.5, 0.6) is 0 Å². The van der Waals surface area contributed by atoms with Crippen molar-refractivity contribution in [1.29, 1.82) is 0 Å². The van der Waals surface area contributed by atoms with Crippen LogP contribution in [0.25, 0.3) is 10.8 Å². The molecule has 0 unspecified atom stereocenters. The van der Waals surface area contributed by atoms with Crippen LogP contribution in [0.3, 0.4) is 0 Å². The number of rotatable bonds is 3. The van der Waals surface area contributed by atoms with Crippen molar-refractivity contribution in [2.24, 2.45) is 5.92 Å². The fourth-order valence-corrected chi connectivity index (χ4v) is 4.40. The quantitative estimate of drug-likeness (QED) is 0.844. The van der Waals surface area contributed by atoms with Crippen LogP contribution in [0.4, 0.5) is 5.69 Å². The van der Waals surface area contributed by atoms with Crippen molar-refractivity contribution in [1.82, 2.24) is 4.31 Å². The van der Waals surface area contributed by atoms with E-state index in [9.17, 15) is 13.2 Å². The van der Waals surface area contributed by atoms with Gasteiger partial charge in [0.15, 0.2) is 0 Å². The Bertz CT molecular complexity index is 875. The van der Waals surface area contributed by atoms with Gasteiger partial charge >= 0.3 is 0 Å². The van der Waals surface area contributed by atoms with E-state index >= 15 is 0 Å². The van der Waals surface area contributed by atoms with Gasteiger partial charge in [-0.05, 0) is 41.8 Å². The Morgan fingerprint density at radius 1 is 1.21 bits per heavy atom. The van der Waals surface area contributed by atoms with E-state index in [1.165, 1.54) is 10.6 Å². The first-order chi connectivity index (χ1) is 11.3. The monoisotopic (exact) mass is 410 g/mol. The molecule has 0 aliphatic carbocycles. The van der Waals surface area contributed by atoms with Gasteiger partial charge in [-0.1, -0.05) is 34.1 Å². The minimum absolute atomic E-state index is 0.0440. The summed E-state index contributed by atoms with van der Waals surface area (Å²) >= 11 is 3.52. The maximum absolute atomic E-state index is 12.4. The van der Waals surface area contributed by atoms with Crippen molar-refractivity contribution in [3.05, 3.63) is 40.9 Å². The molecule has 0 atom stereocenters. The van der Waals surface area contributed by atoms with Gasteiger partial charge in [-0.15, -0.1) is 0 Å². The summed E-state index contributed by atoms with van der Waals surface area (Å²) in [6.07, 6.45) is 2.32. The van der Waals surface area contributed by atoms with Crippen LogP contribution in [-0.2, 0) is 14.8 Å². The second-order valence-electron chi connectivity index (χ2n) is 6.10. The lowest BCUT2D eigenvalue weighted by molar-refractivity contribution is -0.120. The summed E-state index contributed by atoms with van der Waals surface area (Å²) in [6, 6.07) is 11.7. The molecular weight excluding hydrogens is 392 g/mol. The Balaban J connectivity index is 1.67. The Hall–Kier alpha value is -1.44. The first-order valence-electron chi connectivity index (χ1n) is 7.79. The molecule has 2 aromatic rings. The lowest BCUT2D eigenvalue weighted by Gasteiger charge is -2.29. The van der Waals surface area contributed by atoms with Gasteiger partial charge in [0.1, 0.15) is 0 Å². The van der Waals surface area contributed by atoms with E-state index in [4.69, 9.17) is 0 Å². The van der Waals surface area contributed by atoms with Gasteiger partial charge in [0.05, 0.1) is 6.26 Å². The predicted octanol–water partition coefficient (Wildman–Crippen LogP) is 3.21. The molecule has 3 rings (SSSR count). The topological polar surface area (TPSA) is 66.5 Å². The molecular formula is C17H19BrN2O3S. The summed E-state index contributed by atoms with van der Waals surface area (Å²) in [5, 5.41) is 5.10. The number of nitrogens with one attached hydrogen (secondary N) is 1. The van der Waals surface area contributed by atoms with E-state index in [0.29, 0.717) is 25.9 Å². The molecule has 1 aliphatic heterocycles. The summed E-state index contributed by atoms with van der Waals surface area (Å²) in [5.41, 5.74) is 0.760. The molecule has 2 aromatic carbocycles. The second kappa shape index (κ2) is 6.82. The third-order valence-corrected chi connectivity index (χ3v) is 6.38. The number of carbonyl (C=O) groups excluding carboxylic acids is 1. The fraction of sp³-hybridized carbons (Fsp3) is 0.353. The number of amides is 1. The van der Waals surface area contributed by atoms with Crippen LogP contribution in [-0.4, -0.2) is 38.0 Å². The summed E-state index contributed by atoms with van der Waals surface area (Å²) in [7, 11) is -3.17. The number of piperidine rings is 1. The van der Waals surface area contributed by atoms with Crippen molar-refractivity contribution in [3.8, 4) is 0 Å². The van der Waals surface area contributed by atoms with Gasteiger partial charge in [-0.3, -0.25) is 4.79 Å². The van der Waals surface area contributed by atoms with E-state index in [0.717, 1.165) is 20.9 Å². The highest BCUT2D eigenvalue weighted by molar-refractivity contribution is 9.10. The number of fused-ring (bicyclic) bond motifs is 1. The second-order valence-corrected chi connectivity index (χ2v) is 8.94. The van der Waals surface area contributed by atoms with E-state index in [1.54, 1.807) is 0 Å². The molecule has 1 amide bonds. The zero-order valence-corrected chi connectivity index (χ0v) is 15.7. The van der Waals surface area contributed by atoms with Crippen molar-refractivity contribution in [2.75, 3.05) is 24.7 Å². The molecule has 0 aromatic heterocycles. The standard InChI is InChI=1S/C17H19BrN2O3S/c1-24(22,23)20-9-7-12(8-10-20)17(21)19-14-5-6-15-13(11-14)3-2-4-16(15)18/h2-6,11-12H,7-10H2,1H3,(H,19,21). The van der Waals surface area contributed by atoms with Crippen LogP contribution in [0.2, 0.25) is 0 Å². The van der Waals surface area contributed by atoms with E-state index in [-0.39, 0.29) is 11.8 Å².